The molecule has 0 aliphatic carbocycles. The summed E-state index contributed by atoms with van der Waals surface area (Å²) in [5, 5.41) is 3.33. The molecule has 2 rings (SSSR count). The highest BCUT2D eigenvalue weighted by atomic mass is 16.5. The van der Waals surface area contributed by atoms with Crippen molar-refractivity contribution in [1.29, 1.82) is 0 Å². The predicted molar refractivity (Wildman–Crippen MR) is 63.8 cm³/mol. The highest BCUT2D eigenvalue weighted by molar-refractivity contribution is 5.36. The average molecular weight is 221 g/mol. The van der Waals surface area contributed by atoms with Crippen molar-refractivity contribution in [2.45, 2.75) is 25.0 Å². The lowest BCUT2D eigenvalue weighted by molar-refractivity contribution is 0.0799. The summed E-state index contributed by atoms with van der Waals surface area (Å²) in [7, 11) is 3.68. The molecule has 0 radical (unpaired) electrons. The summed E-state index contributed by atoms with van der Waals surface area (Å²) in [6.45, 7) is 0.873. The highest BCUT2D eigenvalue weighted by Crippen LogP contribution is 2.31. The number of para-hydroxylation sites is 1. The maximum absolute atomic E-state index is 5.74. The molecule has 0 spiro atoms. The fourth-order valence-electron chi connectivity index (χ4n) is 2.33. The van der Waals surface area contributed by atoms with Gasteiger partial charge in [-0.05, 0) is 26.0 Å². The molecule has 1 aliphatic rings. The minimum Gasteiger partial charge on any atom is -0.496 e. The fourth-order valence-corrected chi connectivity index (χ4v) is 2.33. The Balaban J connectivity index is 2.24. The minimum absolute atomic E-state index is 0.221. The van der Waals surface area contributed by atoms with Crippen LogP contribution in [0.2, 0.25) is 0 Å². The normalized spacial score (nSPS) is 22.0. The van der Waals surface area contributed by atoms with Crippen LogP contribution in [0.25, 0.3) is 0 Å². The summed E-state index contributed by atoms with van der Waals surface area (Å²) >= 11 is 0. The molecule has 1 aromatic rings. The molecule has 1 aromatic carbocycles. The van der Waals surface area contributed by atoms with Crippen LogP contribution in [0.1, 0.15) is 24.4 Å². The maximum Gasteiger partial charge on any atom is 0.123 e. The Labute approximate surface area is 96.8 Å². The number of benzene rings is 1. The Morgan fingerprint density at radius 2 is 2.25 bits per heavy atom. The smallest absolute Gasteiger partial charge is 0.123 e. The van der Waals surface area contributed by atoms with E-state index in [-0.39, 0.29) is 12.1 Å². The monoisotopic (exact) mass is 221 g/mol. The lowest BCUT2D eigenvalue weighted by Crippen LogP contribution is -2.29. The first-order valence-corrected chi connectivity index (χ1v) is 5.78. The van der Waals surface area contributed by atoms with Gasteiger partial charge in [-0.2, -0.15) is 0 Å². The summed E-state index contributed by atoms with van der Waals surface area (Å²) in [5.74, 6) is 0.928. The van der Waals surface area contributed by atoms with Gasteiger partial charge in [0.15, 0.2) is 0 Å². The third kappa shape index (κ3) is 2.20. The third-order valence-corrected chi connectivity index (χ3v) is 3.12. The van der Waals surface area contributed by atoms with Crippen molar-refractivity contribution in [2.24, 2.45) is 0 Å². The van der Waals surface area contributed by atoms with Gasteiger partial charge in [-0.1, -0.05) is 18.2 Å². The summed E-state index contributed by atoms with van der Waals surface area (Å²) in [5.41, 5.74) is 1.18. The van der Waals surface area contributed by atoms with Crippen molar-refractivity contribution in [3.63, 3.8) is 0 Å². The van der Waals surface area contributed by atoms with Gasteiger partial charge in [0.1, 0.15) is 5.75 Å². The molecule has 1 N–H and O–H groups in total. The molecule has 2 unspecified atom stereocenters. The standard InChI is InChI=1S/C13H19NO2/c1-14-13(12-8-5-9-16-12)10-6-3-4-7-11(10)15-2/h3-4,6-7,12-14H,5,8-9H2,1-2H3. The van der Waals surface area contributed by atoms with Crippen LogP contribution in [-0.4, -0.2) is 26.9 Å². The van der Waals surface area contributed by atoms with Crippen LogP contribution >= 0.6 is 0 Å². The molecule has 3 nitrogen and oxygen atoms in total. The van der Waals surface area contributed by atoms with Crippen LogP contribution in [0.5, 0.6) is 5.75 Å². The van der Waals surface area contributed by atoms with E-state index in [2.05, 4.69) is 11.4 Å². The highest BCUT2D eigenvalue weighted by Gasteiger charge is 2.27. The zero-order valence-electron chi connectivity index (χ0n) is 9.90. The molecule has 88 valence electrons. The molecule has 0 saturated carbocycles. The maximum atomic E-state index is 5.74. The lowest BCUT2D eigenvalue weighted by atomic mass is 9.98. The molecule has 1 heterocycles. The van der Waals surface area contributed by atoms with Gasteiger partial charge in [0, 0.05) is 12.2 Å². The van der Waals surface area contributed by atoms with Crippen molar-refractivity contribution in [3.05, 3.63) is 29.8 Å². The molecule has 0 bridgehead atoms. The van der Waals surface area contributed by atoms with Crippen molar-refractivity contribution >= 4 is 0 Å². The van der Waals surface area contributed by atoms with Crippen LogP contribution in [-0.2, 0) is 4.74 Å². The van der Waals surface area contributed by atoms with E-state index < -0.39 is 0 Å². The third-order valence-electron chi connectivity index (χ3n) is 3.12. The molecule has 16 heavy (non-hydrogen) atoms. The van der Waals surface area contributed by atoms with Gasteiger partial charge in [0.2, 0.25) is 0 Å². The van der Waals surface area contributed by atoms with E-state index in [1.165, 1.54) is 5.56 Å². The molecule has 1 fully saturated rings. The number of rotatable bonds is 4. The Morgan fingerprint density at radius 1 is 1.44 bits per heavy atom. The molecular formula is C13H19NO2. The van der Waals surface area contributed by atoms with E-state index in [4.69, 9.17) is 9.47 Å². The summed E-state index contributed by atoms with van der Waals surface area (Å²) in [6, 6.07) is 8.34. The van der Waals surface area contributed by atoms with E-state index in [0.717, 1.165) is 25.2 Å². The Bertz CT molecular complexity index is 334. The van der Waals surface area contributed by atoms with E-state index in [0.29, 0.717) is 0 Å². The molecule has 0 aromatic heterocycles. The van der Waals surface area contributed by atoms with E-state index in [1.807, 2.05) is 25.2 Å². The van der Waals surface area contributed by atoms with Gasteiger partial charge >= 0.3 is 0 Å². The van der Waals surface area contributed by atoms with E-state index in [9.17, 15) is 0 Å². The second-order valence-electron chi connectivity index (χ2n) is 4.06. The second-order valence-corrected chi connectivity index (χ2v) is 4.06. The first-order chi connectivity index (χ1) is 7.86. The number of likely N-dealkylation sites (N-methyl/N-ethyl adjacent to an activating group) is 1. The van der Waals surface area contributed by atoms with Gasteiger partial charge in [0.05, 0.1) is 19.3 Å². The molecule has 3 heteroatoms. The van der Waals surface area contributed by atoms with Crippen LogP contribution in [0.4, 0.5) is 0 Å². The summed E-state index contributed by atoms with van der Waals surface area (Å²) < 4.78 is 11.1. The number of ether oxygens (including phenoxy) is 2. The van der Waals surface area contributed by atoms with Crippen LogP contribution in [0, 0.1) is 0 Å². The van der Waals surface area contributed by atoms with Gasteiger partial charge in [-0.15, -0.1) is 0 Å². The number of methoxy groups -OCH3 is 1. The predicted octanol–water partition coefficient (Wildman–Crippen LogP) is 2.13. The number of nitrogens with one attached hydrogen (secondary N) is 1. The topological polar surface area (TPSA) is 30.5 Å². The van der Waals surface area contributed by atoms with Gasteiger partial charge in [-0.25, -0.2) is 0 Å². The van der Waals surface area contributed by atoms with Crippen LogP contribution in [0.3, 0.4) is 0 Å². The Hall–Kier alpha value is -1.06. The average Bonchev–Trinajstić information content (AvgIpc) is 2.84. The van der Waals surface area contributed by atoms with Crippen LogP contribution in [0.15, 0.2) is 24.3 Å². The largest absolute Gasteiger partial charge is 0.496 e. The zero-order valence-corrected chi connectivity index (χ0v) is 9.90. The fraction of sp³-hybridized carbons (Fsp3) is 0.538. The molecule has 1 saturated heterocycles. The van der Waals surface area contributed by atoms with E-state index in [1.54, 1.807) is 7.11 Å². The minimum atomic E-state index is 0.221. The zero-order chi connectivity index (χ0) is 11.4. The molecule has 0 amide bonds. The van der Waals surface area contributed by atoms with Crippen molar-refractivity contribution in [2.75, 3.05) is 20.8 Å². The van der Waals surface area contributed by atoms with Crippen molar-refractivity contribution in [3.8, 4) is 5.75 Å². The first kappa shape index (κ1) is 11.4. The summed E-state index contributed by atoms with van der Waals surface area (Å²) in [4.78, 5) is 0. The number of hydrogen-bond donors (Lipinski definition) is 1. The molecule has 1 aliphatic heterocycles. The first-order valence-electron chi connectivity index (χ1n) is 5.78. The molecule has 2 atom stereocenters. The van der Waals surface area contributed by atoms with Crippen molar-refractivity contribution < 1.29 is 9.47 Å². The SMILES string of the molecule is CNC(c1ccccc1OC)C1CCCO1. The Kier molecular flexibility index (Phi) is 3.80. The van der Waals surface area contributed by atoms with Gasteiger partial charge in [0.25, 0.3) is 0 Å². The number of hydrogen-bond acceptors (Lipinski definition) is 3. The lowest BCUT2D eigenvalue weighted by Gasteiger charge is -2.24. The van der Waals surface area contributed by atoms with Crippen molar-refractivity contribution in [1.82, 2.24) is 5.32 Å². The summed E-state index contributed by atoms with van der Waals surface area (Å²) in [6.07, 6.45) is 2.53. The van der Waals surface area contributed by atoms with Crippen LogP contribution < -0.4 is 10.1 Å². The van der Waals surface area contributed by atoms with E-state index >= 15 is 0 Å². The van der Waals surface area contributed by atoms with Gasteiger partial charge in [-0.3, -0.25) is 0 Å². The second kappa shape index (κ2) is 5.32. The quantitative estimate of drug-likeness (QED) is 0.845. The van der Waals surface area contributed by atoms with Gasteiger partial charge < -0.3 is 14.8 Å². The Morgan fingerprint density at radius 3 is 2.88 bits per heavy atom. The molecular weight excluding hydrogens is 202 g/mol.